The molecule has 0 aliphatic rings. The summed E-state index contributed by atoms with van der Waals surface area (Å²) in [5.41, 5.74) is 1.35. The number of benzene rings is 1. The molecule has 1 heterocycles. The van der Waals surface area contributed by atoms with E-state index in [2.05, 4.69) is 11.9 Å². The van der Waals surface area contributed by atoms with Gasteiger partial charge >= 0.3 is 11.9 Å². The lowest BCUT2D eigenvalue weighted by atomic mass is 10.1. The van der Waals surface area contributed by atoms with Crippen LogP contribution in [0.25, 0.3) is 0 Å². The third-order valence-electron chi connectivity index (χ3n) is 5.37. The second-order valence-electron chi connectivity index (χ2n) is 8.10. The number of esters is 2. The highest BCUT2D eigenvalue weighted by Gasteiger charge is 2.14. The van der Waals surface area contributed by atoms with Crippen LogP contribution in [0.15, 0.2) is 48.5 Å². The van der Waals surface area contributed by atoms with E-state index >= 15 is 0 Å². The summed E-state index contributed by atoms with van der Waals surface area (Å²) in [5.74, 6) is -1.04. The largest absolute Gasteiger partial charge is 0.461 e. The van der Waals surface area contributed by atoms with Gasteiger partial charge in [-0.15, -0.1) is 0 Å². The van der Waals surface area contributed by atoms with E-state index in [4.69, 9.17) is 9.47 Å². The van der Waals surface area contributed by atoms with Crippen LogP contribution >= 0.6 is 0 Å². The average molecular weight is 440 g/mol. The van der Waals surface area contributed by atoms with Crippen molar-refractivity contribution in [2.45, 2.75) is 77.6 Å². The number of rotatable bonds is 16. The molecular formula is C27H37NO4. The lowest BCUT2D eigenvalue weighted by molar-refractivity contribution is 0.0486. The van der Waals surface area contributed by atoms with Crippen molar-refractivity contribution in [3.8, 4) is 0 Å². The SMILES string of the molecule is CCCCCCCCCCCCOC(=O)c1cccc(C(=O)OCCc2ccccc2)n1. The predicted octanol–water partition coefficient (Wildman–Crippen LogP) is 6.56. The van der Waals surface area contributed by atoms with Crippen LogP contribution in [0.3, 0.4) is 0 Å². The van der Waals surface area contributed by atoms with Gasteiger partial charge in [-0.05, 0) is 24.1 Å². The molecule has 2 rings (SSSR count). The van der Waals surface area contributed by atoms with Crippen LogP contribution in [0.1, 0.15) is 97.7 Å². The Bertz CT molecular complexity index is 791. The first-order chi connectivity index (χ1) is 15.7. The van der Waals surface area contributed by atoms with Gasteiger partial charge in [-0.3, -0.25) is 0 Å². The summed E-state index contributed by atoms with van der Waals surface area (Å²) in [7, 11) is 0. The Balaban J connectivity index is 1.60. The van der Waals surface area contributed by atoms with E-state index in [0.29, 0.717) is 13.0 Å². The molecule has 5 nitrogen and oxygen atoms in total. The molecule has 1 aromatic heterocycles. The summed E-state index contributed by atoms with van der Waals surface area (Å²) < 4.78 is 10.6. The monoisotopic (exact) mass is 439 g/mol. The molecule has 0 saturated carbocycles. The Kier molecular flexibility index (Phi) is 12.8. The minimum absolute atomic E-state index is 0.117. The third-order valence-corrected chi connectivity index (χ3v) is 5.37. The van der Waals surface area contributed by atoms with E-state index in [9.17, 15) is 9.59 Å². The average Bonchev–Trinajstić information content (AvgIpc) is 2.83. The molecule has 0 amide bonds. The van der Waals surface area contributed by atoms with E-state index in [1.165, 1.54) is 51.4 Å². The second-order valence-corrected chi connectivity index (χ2v) is 8.10. The summed E-state index contributed by atoms with van der Waals surface area (Å²) in [6.45, 7) is 2.88. The Morgan fingerprint density at radius 2 is 1.19 bits per heavy atom. The van der Waals surface area contributed by atoms with Crippen LogP contribution in [0.5, 0.6) is 0 Å². The Hall–Kier alpha value is -2.69. The molecule has 0 saturated heterocycles. The standard InChI is InChI=1S/C27H37NO4/c1-2-3-4-5-6-7-8-9-10-14-21-31-26(29)24-18-15-19-25(28-24)27(30)32-22-20-23-16-12-11-13-17-23/h11-13,15-19H,2-10,14,20-22H2,1H3. The van der Waals surface area contributed by atoms with Crippen molar-refractivity contribution in [1.29, 1.82) is 0 Å². The van der Waals surface area contributed by atoms with E-state index in [1.807, 2.05) is 30.3 Å². The number of pyridine rings is 1. The molecule has 0 unspecified atom stereocenters. The van der Waals surface area contributed by atoms with E-state index in [-0.39, 0.29) is 18.0 Å². The van der Waals surface area contributed by atoms with Crippen molar-refractivity contribution in [3.63, 3.8) is 0 Å². The molecule has 0 bridgehead atoms. The molecule has 0 atom stereocenters. The number of aromatic nitrogens is 1. The van der Waals surface area contributed by atoms with Gasteiger partial charge in [0.1, 0.15) is 11.4 Å². The van der Waals surface area contributed by atoms with Gasteiger partial charge in [0.2, 0.25) is 0 Å². The molecule has 0 spiro atoms. The molecule has 0 aliphatic carbocycles. The Labute approximate surface area is 192 Å². The van der Waals surface area contributed by atoms with Gasteiger partial charge in [-0.2, -0.15) is 0 Å². The first-order valence-corrected chi connectivity index (χ1v) is 12.1. The van der Waals surface area contributed by atoms with Gasteiger partial charge in [-0.1, -0.05) is 101 Å². The molecule has 32 heavy (non-hydrogen) atoms. The lowest BCUT2D eigenvalue weighted by Crippen LogP contribution is -2.14. The van der Waals surface area contributed by atoms with Crippen molar-refractivity contribution in [3.05, 3.63) is 65.5 Å². The van der Waals surface area contributed by atoms with Crippen LogP contribution in [0, 0.1) is 0 Å². The normalized spacial score (nSPS) is 10.7. The lowest BCUT2D eigenvalue weighted by Gasteiger charge is -2.07. The maximum atomic E-state index is 12.2. The predicted molar refractivity (Wildman–Crippen MR) is 127 cm³/mol. The van der Waals surface area contributed by atoms with Gasteiger partial charge < -0.3 is 9.47 Å². The summed E-state index contributed by atoms with van der Waals surface area (Å²) >= 11 is 0. The number of carbonyl (C=O) groups is 2. The van der Waals surface area contributed by atoms with Crippen LogP contribution in [-0.2, 0) is 15.9 Å². The minimum Gasteiger partial charge on any atom is -0.461 e. The summed E-state index contributed by atoms with van der Waals surface area (Å²) in [6, 6.07) is 14.5. The highest BCUT2D eigenvalue weighted by Crippen LogP contribution is 2.11. The van der Waals surface area contributed by atoms with Crippen LogP contribution in [0.2, 0.25) is 0 Å². The molecule has 2 aromatic rings. The number of nitrogens with zero attached hydrogens (tertiary/aromatic N) is 1. The Morgan fingerprint density at radius 3 is 1.78 bits per heavy atom. The summed E-state index contributed by atoms with van der Waals surface area (Å²) in [5, 5.41) is 0. The minimum atomic E-state index is -0.537. The zero-order valence-electron chi connectivity index (χ0n) is 19.4. The number of unbranched alkanes of at least 4 members (excludes halogenated alkanes) is 9. The number of carbonyl (C=O) groups excluding carboxylic acids is 2. The van der Waals surface area contributed by atoms with Crippen LogP contribution in [0.4, 0.5) is 0 Å². The van der Waals surface area contributed by atoms with E-state index < -0.39 is 11.9 Å². The second kappa shape index (κ2) is 16.0. The van der Waals surface area contributed by atoms with Gasteiger partial charge in [0.05, 0.1) is 13.2 Å². The molecule has 1 aromatic carbocycles. The fourth-order valence-corrected chi connectivity index (χ4v) is 3.47. The topological polar surface area (TPSA) is 65.5 Å². The van der Waals surface area contributed by atoms with Gasteiger partial charge in [-0.25, -0.2) is 14.6 Å². The molecule has 0 radical (unpaired) electrons. The van der Waals surface area contributed by atoms with Crippen molar-refractivity contribution < 1.29 is 19.1 Å². The smallest absolute Gasteiger partial charge is 0.356 e. The fraction of sp³-hybridized carbons (Fsp3) is 0.519. The zero-order chi connectivity index (χ0) is 22.9. The van der Waals surface area contributed by atoms with Crippen LogP contribution in [-0.4, -0.2) is 30.1 Å². The molecule has 0 N–H and O–H groups in total. The van der Waals surface area contributed by atoms with E-state index in [1.54, 1.807) is 18.2 Å². The summed E-state index contributed by atoms with van der Waals surface area (Å²) in [6.07, 6.45) is 12.9. The van der Waals surface area contributed by atoms with E-state index in [0.717, 1.165) is 18.4 Å². The highest BCUT2D eigenvalue weighted by molar-refractivity contribution is 5.91. The first kappa shape index (κ1) is 25.6. The Morgan fingerprint density at radius 1 is 0.656 bits per heavy atom. The first-order valence-electron chi connectivity index (χ1n) is 12.1. The van der Waals surface area contributed by atoms with Crippen molar-refractivity contribution >= 4 is 11.9 Å². The molecule has 174 valence electrons. The highest BCUT2D eigenvalue weighted by atomic mass is 16.5. The number of hydrogen-bond acceptors (Lipinski definition) is 5. The van der Waals surface area contributed by atoms with Gasteiger partial charge in [0.25, 0.3) is 0 Å². The third kappa shape index (κ3) is 10.6. The van der Waals surface area contributed by atoms with Crippen molar-refractivity contribution in [2.75, 3.05) is 13.2 Å². The van der Waals surface area contributed by atoms with Gasteiger partial charge in [0.15, 0.2) is 0 Å². The summed E-state index contributed by atoms with van der Waals surface area (Å²) in [4.78, 5) is 28.6. The van der Waals surface area contributed by atoms with Crippen LogP contribution < -0.4 is 0 Å². The number of hydrogen-bond donors (Lipinski definition) is 0. The molecule has 0 aliphatic heterocycles. The fourth-order valence-electron chi connectivity index (χ4n) is 3.47. The van der Waals surface area contributed by atoms with Crippen molar-refractivity contribution in [1.82, 2.24) is 4.98 Å². The molecular weight excluding hydrogens is 402 g/mol. The molecule has 5 heteroatoms. The van der Waals surface area contributed by atoms with Gasteiger partial charge in [0, 0.05) is 6.42 Å². The number of ether oxygens (including phenoxy) is 2. The maximum Gasteiger partial charge on any atom is 0.356 e. The zero-order valence-corrected chi connectivity index (χ0v) is 19.4. The maximum absolute atomic E-state index is 12.2. The molecule has 0 fully saturated rings. The van der Waals surface area contributed by atoms with Crippen molar-refractivity contribution in [2.24, 2.45) is 0 Å². The quantitative estimate of drug-likeness (QED) is 0.219.